The molecule has 0 aliphatic heterocycles. The number of aliphatic carboxylic acids is 1. The Labute approximate surface area is 74.0 Å². The smallest absolute Gasteiger partial charge is 0.300 e. The number of carboxylic acids is 1. The quantitative estimate of drug-likeness (QED) is 0.585. The first kappa shape index (κ1) is 11.4. The fourth-order valence-electron chi connectivity index (χ4n) is 1.34. The molecule has 0 amide bonds. The van der Waals surface area contributed by atoms with Crippen molar-refractivity contribution in [3.8, 4) is 0 Å². The van der Waals surface area contributed by atoms with E-state index in [1.165, 1.54) is 25.7 Å². The Hall–Kier alpha value is -0.570. The number of rotatable bonds is 0. The molecule has 0 aromatic heterocycles. The van der Waals surface area contributed by atoms with Crippen LogP contribution < -0.4 is 5.73 Å². The van der Waals surface area contributed by atoms with Crippen molar-refractivity contribution in [2.75, 3.05) is 0 Å². The summed E-state index contributed by atoms with van der Waals surface area (Å²) in [5.74, 6) is -0.0521. The van der Waals surface area contributed by atoms with Crippen molar-refractivity contribution in [1.29, 1.82) is 0 Å². The molecule has 0 spiro atoms. The van der Waals surface area contributed by atoms with Gasteiger partial charge >= 0.3 is 0 Å². The first-order chi connectivity index (χ1) is 5.54. The van der Waals surface area contributed by atoms with Crippen LogP contribution in [0.15, 0.2) is 0 Å². The van der Waals surface area contributed by atoms with Crippen LogP contribution in [0.4, 0.5) is 0 Å². The SMILES string of the molecule is CC(=O)O.CC1CCCCC1N. The van der Waals surface area contributed by atoms with Gasteiger partial charge in [-0.05, 0) is 18.8 Å². The molecule has 0 saturated heterocycles. The van der Waals surface area contributed by atoms with Gasteiger partial charge in [-0.1, -0.05) is 19.8 Å². The minimum absolute atomic E-state index is 0.503. The van der Waals surface area contributed by atoms with Gasteiger partial charge in [0.2, 0.25) is 0 Å². The molecule has 1 aliphatic rings. The lowest BCUT2D eigenvalue weighted by molar-refractivity contribution is -0.134. The monoisotopic (exact) mass is 173 g/mol. The summed E-state index contributed by atoms with van der Waals surface area (Å²) >= 11 is 0. The highest BCUT2D eigenvalue weighted by Crippen LogP contribution is 2.21. The normalized spacial score (nSPS) is 28.6. The second kappa shape index (κ2) is 6.00. The molecule has 72 valence electrons. The topological polar surface area (TPSA) is 63.3 Å². The van der Waals surface area contributed by atoms with E-state index in [0.29, 0.717) is 6.04 Å². The van der Waals surface area contributed by atoms with Crippen LogP contribution in [0.25, 0.3) is 0 Å². The van der Waals surface area contributed by atoms with Crippen molar-refractivity contribution < 1.29 is 9.90 Å². The third-order valence-corrected chi connectivity index (χ3v) is 2.18. The molecular weight excluding hydrogens is 154 g/mol. The molecule has 1 fully saturated rings. The third-order valence-electron chi connectivity index (χ3n) is 2.18. The van der Waals surface area contributed by atoms with E-state index in [2.05, 4.69) is 6.92 Å². The molecule has 0 radical (unpaired) electrons. The van der Waals surface area contributed by atoms with Gasteiger partial charge in [-0.3, -0.25) is 4.79 Å². The van der Waals surface area contributed by atoms with Crippen LogP contribution in [-0.2, 0) is 4.79 Å². The van der Waals surface area contributed by atoms with E-state index in [1.807, 2.05) is 0 Å². The Kier molecular flexibility index (Phi) is 5.72. The molecule has 0 aromatic rings. The Bertz CT molecular complexity index is 122. The molecule has 2 atom stereocenters. The average Bonchev–Trinajstić information content (AvgIpc) is 1.94. The Morgan fingerprint density at radius 1 is 1.42 bits per heavy atom. The van der Waals surface area contributed by atoms with Gasteiger partial charge in [0.25, 0.3) is 5.97 Å². The summed E-state index contributed by atoms with van der Waals surface area (Å²) in [5, 5.41) is 7.42. The minimum atomic E-state index is -0.833. The van der Waals surface area contributed by atoms with Gasteiger partial charge in [0.1, 0.15) is 0 Å². The summed E-state index contributed by atoms with van der Waals surface area (Å²) in [6.45, 7) is 3.34. The fraction of sp³-hybridized carbons (Fsp3) is 0.889. The zero-order valence-corrected chi connectivity index (χ0v) is 7.92. The predicted molar refractivity (Wildman–Crippen MR) is 48.9 cm³/mol. The molecule has 0 aromatic carbocycles. The zero-order chi connectivity index (χ0) is 9.56. The summed E-state index contributed by atoms with van der Waals surface area (Å²) in [7, 11) is 0. The molecule has 2 unspecified atom stereocenters. The zero-order valence-electron chi connectivity index (χ0n) is 7.92. The van der Waals surface area contributed by atoms with Crippen LogP contribution in [-0.4, -0.2) is 17.1 Å². The van der Waals surface area contributed by atoms with E-state index in [9.17, 15) is 0 Å². The van der Waals surface area contributed by atoms with E-state index in [1.54, 1.807) is 0 Å². The van der Waals surface area contributed by atoms with Crippen molar-refractivity contribution in [3.05, 3.63) is 0 Å². The lowest BCUT2D eigenvalue weighted by Gasteiger charge is -2.24. The minimum Gasteiger partial charge on any atom is -0.481 e. The number of carbonyl (C=O) groups is 1. The van der Waals surface area contributed by atoms with Gasteiger partial charge in [0, 0.05) is 13.0 Å². The highest BCUT2D eigenvalue weighted by Gasteiger charge is 2.15. The first-order valence-corrected chi connectivity index (χ1v) is 4.49. The van der Waals surface area contributed by atoms with Gasteiger partial charge in [-0.25, -0.2) is 0 Å². The van der Waals surface area contributed by atoms with Crippen LogP contribution >= 0.6 is 0 Å². The van der Waals surface area contributed by atoms with Crippen molar-refractivity contribution >= 4 is 5.97 Å². The molecule has 3 heteroatoms. The van der Waals surface area contributed by atoms with E-state index >= 15 is 0 Å². The van der Waals surface area contributed by atoms with Crippen LogP contribution in [0, 0.1) is 5.92 Å². The predicted octanol–water partition coefficient (Wildman–Crippen LogP) is 1.61. The van der Waals surface area contributed by atoms with Crippen molar-refractivity contribution in [2.45, 2.75) is 45.6 Å². The molecule has 1 aliphatic carbocycles. The number of hydrogen-bond donors (Lipinski definition) is 2. The Morgan fingerprint density at radius 2 is 1.83 bits per heavy atom. The van der Waals surface area contributed by atoms with Crippen molar-refractivity contribution in [3.63, 3.8) is 0 Å². The molecular formula is C9H19NO2. The summed E-state index contributed by atoms with van der Waals surface area (Å²) in [6, 6.07) is 0.503. The van der Waals surface area contributed by atoms with Gasteiger partial charge in [-0.15, -0.1) is 0 Å². The van der Waals surface area contributed by atoms with Crippen LogP contribution in [0.1, 0.15) is 39.5 Å². The second-order valence-electron chi connectivity index (χ2n) is 3.44. The maximum absolute atomic E-state index is 9.00. The molecule has 0 bridgehead atoms. The highest BCUT2D eigenvalue weighted by molar-refractivity contribution is 5.62. The summed E-state index contributed by atoms with van der Waals surface area (Å²) in [6.07, 6.45) is 5.35. The van der Waals surface area contributed by atoms with E-state index in [0.717, 1.165) is 12.8 Å². The summed E-state index contributed by atoms with van der Waals surface area (Å²) in [4.78, 5) is 9.00. The fourth-order valence-corrected chi connectivity index (χ4v) is 1.34. The number of nitrogens with two attached hydrogens (primary N) is 1. The highest BCUT2D eigenvalue weighted by atomic mass is 16.4. The molecule has 0 heterocycles. The molecule has 3 nitrogen and oxygen atoms in total. The van der Waals surface area contributed by atoms with E-state index in [4.69, 9.17) is 15.6 Å². The summed E-state index contributed by atoms with van der Waals surface area (Å²) < 4.78 is 0. The van der Waals surface area contributed by atoms with Gasteiger partial charge in [0.15, 0.2) is 0 Å². The van der Waals surface area contributed by atoms with Gasteiger partial charge in [-0.2, -0.15) is 0 Å². The first-order valence-electron chi connectivity index (χ1n) is 4.49. The lowest BCUT2D eigenvalue weighted by atomic mass is 9.87. The van der Waals surface area contributed by atoms with Crippen LogP contribution in [0.5, 0.6) is 0 Å². The molecule has 1 saturated carbocycles. The Morgan fingerprint density at radius 3 is 2.08 bits per heavy atom. The lowest BCUT2D eigenvalue weighted by Crippen LogP contribution is -2.30. The van der Waals surface area contributed by atoms with Crippen LogP contribution in [0.2, 0.25) is 0 Å². The number of carboxylic acid groups (broad SMARTS) is 1. The number of hydrogen-bond acceptors (Lipinski definition) is 2. The van der Waals surface area contributed by atoms with Crippen molar-refractivity contribution in [2.24, 2.45) is 11.7 Å². The third kappa shape index (κ3) is 6.16. The van der Waals surface area contributed by atoms with Crippen LogP contribution in [0.3, 0.4) is 0 Å². The van der Waals surface area contributed by atoms with E-state index < -0.39 is 5.97 Å². The molecule has 3 N–H and O–H groups in total. The van der Waals surface area contributed by atoms with Gasteiger partial charge < -0.3 is 10.8 Å². The average molecular weight is 173 g/mol. The Balaban J connectivity index is 0.000000261. The standard InChI is InChI=1S/C7H15N.C2H4O2/c1-6-4-2-3-5-7(6)8;1-2(3)4/h6-7H,2-5,8H2,1H3;1H3,(H,3,4). The maximum atomic E-state index is 9.00. The summed E-state index contributed by atoms with van der Waals surface area (Å²) in [5.41, 5.74) is 5.78. The molecule has 12 heavy (non-hydrogen) atoms. The van der Waals surface area contributed by atoms with E-state index in [-0.39, 0.29) is 0 Å². The maximum Gasteiger partial charge on any atom is 0.300 e. The largest absolute Gasteiger partial charge is 0.481 e. The van der Waals surface area contributed by atoms with Gasteiger partial charge in [0.05, 0.1) is 0 Å². The second-order valence-corrected chi connectivity index (χ2v) is 3.44. The molecule has 1 rings (SSSR count). The van der Waals surface area contributed by atoms with Crippen molar-refractivity contribution in [1.82, 2.24) is 0 Å².